The summed E-state index contributed by atoms with van der Waals surface area (Å²) in [4.78, 5) is 22.1. The van der Waals surface area contributed by atoms with Gasteiger partial charge in [0.1, 0.15) is 17.1 Å². The third kappa shape index (κ3) is 4.12. The van der Waals surface area contributed by atoms with Crippen LogP contribution in [0, 0.1) is 6.92 Å². The number of aromatic amines is 1. The van der Waals surface area contributed by atoms with Gasteiger partial charge in [-0.1, -0.05) is 0 Å². The maximum atomic E-state index is 12.1. The highest BCUT2D eigenvalue weighted by atomic mass is 35.5. The van der Waals surface area contributed by atoms with E-state index in [0.29, 0.717) is 37.5 Å². The van der Waals surface area contributed by atoms with Crippen molar-refractivity contribution in [1.29, 1.82) is 0 Å². The van der Waals surface area contributed by atoms with E-state index in [-0.39, 0.29) is 17.5 Å². The predicted molar refractivity (Wildman–Crippen MR) is 92.9 cm³/mol. The second kappa shape index (κ2) is 6.67. The number of ether oxygens (including phenoxy) is 2. The number of likely N-dealkylation sites (tertiary alicyclic amines) is 1. The molecule has 0 aromatic carbocycles. The Hall–Kier alpha value is -2.09. The second-order valence-corrected chi connectivity index (χ2v) is 7.45. The second-order valence-electron chi connectivity index (χ2n) is 7.12. The van der Waals surface area contributed by atoms with E-state index in [2.05, 4.69) is 20.2 Å². The number of hydrogen-bond donors (Lipinski definition) is 1. The average molecular weight is 368 g/mol. The maximum Gasteiger partial charge on any atom is 0.410 e. The fourth-order valence-corrected chi connectivity index (χ4v) is 2.90. The first-order valence-corrected chi connectivity index (χ1v) is 8.63. The summed E-state index contributed by atoms with van der Waals surface area (Å²) in [6, 6.07) is 0. The van der Waals surface area contributed by atoms with Gasteiger partial charge in [0, 0.05) is 25.9 Å². The van der Waals surface area contributed by atoms with Crippen LogP contribution in [0.5, 0.6) is 5.88 Å². The van der Waals surface area contributed by atoms with Crippen LogP contribution >= 0.6 is 11.6 Å². The molecular weight excluding hydrogens is 346 g/mol. The molecule has 1 aliphatic rings. The molecule has 3 heterocycles. The molecule has 1 saturated heterocycles. The van der Waals surface area contributed by atoms with Crippen LogP contribution in [0.4, 0.5) is 4.79 Å². The highest BCUT2D eigenvalue weighted by molar-refractivity contribution is 6.28. The van der Waals surface area contributed by atoms with Gasteiger partial charge in [0.2, 0.25) is 11.2 Å². The Morgan fingerprint density at radius 3 is 2.60 bits per heavy atom. The van der Waals surface area contributed by atoms with Crippen molar-refractivity contribution in [2.45, 2.75) is 52.2 Å². The van der Waals surface area contributed by atoms with Crippen molar-refractivity contribution >= 4 is 28.7 Å². The number of hydrogen-bond acceptors (Lipinski definition) is 6. The highest BCUT2D eigenvalue weighted by Crippen LogP contribution is 2.28. The summed E-state index contributed by atoms with van der Waals surface area (Å²) in [6.07, 6.45) is 1.05. The van der Waals surface area contributed by atoms with Crippen molar-refractivity contribution in [3.8, 4) is 5.88 Å². The number of nitrogens with zero attached hydrogens (tertiary/aromatic N) is 4. The van der Waals surface area contributed by atoms with Gasteiger partial charge in [0.25, 0.3) is 0 Å². The van der Waals surface area contributed by atoms with Crippen molar-refractivity contribution in [3.63, 3.8) is 0 Å². The van der Waals surface area contributed by atoms with Crippen LogP contribution in [0.3, 0.4) is 0 Å². The van der Waals surface area contributed by atoms with Crippen LogP contribution in [0.25, 0.3) is 11.0 Å². The number of amides is 1. The Balaban J connectivity index is 1.65. The minimum atomic E-state index is -0.493. The van der Waals surface area contributed by atoms with E-state index in [1.165, 1.54) is 0 Å². The van der Waals surface area contributed by atoms with Gasteiger partial charge in [0.05, 0.1) is 5.69 Å². The molecule has 2 aromatic heterocycles. The van der Waals surface area contributed by atoms with Crippen LogP contribution in [0.15, 0.2) is 0 Å². The van der Waals surface area contributed by atoms with E-state index in [4.69, 9.17) is 21.1 Å². The summed E-state index contributed by atoms with van der Waals surface area (Å²) < 4.78 is 11.4. The third-order valence-electron chi connectivity index (χ3n) is 3.91. The van der Waals surface area contributed by atoms with Gasteiger partial charge < -0.3 is 14.4 Å². The zero-order valence-electron chi connectivity index (χ0n) is 14.8. The fraction of sp³-hybridized carbons (Fsp3) is 0.625. The summed E-state index contributed by atoms with van der Waals surface area (Å²) in [5.74, 6) is 0.428. The van der Waals surface area contributed by atoms with Gasteiger partial charge >= 0.3 is 6.09 Å². The van der Waals surface area contributed by atoms with Crippen molar-refractivity contribution in [1.82, 2.24) is 25.1 Å². The molecule has 3 rings (SSSR count). The number of H-pyrrole nitrogens is 1. The summed E-state index contributed by atoms with van der Waals surface area (Å²) in [5, 5.41) is 7.78. The molecule has 1 aliphatic heterocycles. The minimum Gasteiger partial charge on any atom is -0.474 e. The van der Waals surface area contributed by atoms with Crippen molar-refractivity contribution in [2.75, 3.05) is 13.1 Å². The molecule has 0 radical (unpaired) electrons. The molecule has 136 valence electrons. The molecular formula is C16H22ClN5O3. The number of halogens is 1. The number of carbonyl (C=O) groups excluding carboxylic acids is 1. The number of aryl methyl sites for hydroxylation is 1. The molecule has 0 bridgehead atoms. The van der Waals surface area contributed by atoms with E-state index in [0.717, 1.165) is 11.1 Å². The normalized spacial score (nSPS) is 16.3. The Labute approximate surface area is 150 Å². The maximum absolute atomic E-state index is 12.1. The van der Waals surface area contributed by atoms with Crippen LogP contribution in [0.2, 0.25) is 5.28 Å². The summed E-state index contributed by atoms with van der Waals surface area (Å²) in [5.41, 5.74) is 0.818. The molecule has 25 heavy (non-hydrogen) atoms. The molecule has 0 spiro atoms. The molecule has 1 amide bonds. The topological polar surface area (TPSA) is 93.2 Å². The molecule has 8 nitrogen and oxygen atoms in total. The van der Waals surface area contributed by atoms with Crippen molar-refractivity contribution in [3.05, 3.63) is 11.0 Å². The number of nitrogens with one attached hydrogen (secondary N) is 1. The summed E-state index contributed by atoms with van der Waals surface area (Å²) in [7, 11) is 0. The van der Waals surface area contributed by atoms with Gasteiger partial charge in [-0.3, -0.25) is 5.10 Å². The Kier molecular flexibility index (Phi) is 4.73. The van der Waals surface area contributed by atoms with E-state index in [9.17, 15) is 4.79 Å². The first-order valence-electron chi connectivity index (χ1n) is 8.26. The first kappa shape index (κ1) is 17.7. The molecule has 0 unspecified atom stereocenters. The van der Waals surface area contributed by atoms with Gasteiger partial charge in [-0.15, -0.1) is 0 Å². The molecule has 0 saturated carbocycles. The molecule has 0 aliphatic carbocycles. The van der Waals surface area contributed by atoms with Gasteiger partial charge in [-0.25, -0.2) is 4.79 Å². The zero-order valence-corrected chi connectivity index (χ0v) is 15.6. The van der Waals surface area contributed by atoms with Crippen molar-refractivity contribution < 1.29 is 14.3 Å². The predicted octanol–water partition coefficient (Wildman–Crippen LogP) is 3.09. The lowest BCUT2D eigenvalue weighted by atomic mass is 10.1. The Morgan fingerprint density at radius 2 is 1.96 bits per heavy atom. The monoisotopic (exact) mass is 367 g/mol. The van der Waals surface area contributed by atoms with E-state index in [1.807, 2.05) is 27.7 Å². The standard InChI is InChI=1S/C16H22ClN5O3/c1-9-11-12(21-20-9)18-14(17)19-13(11)24-10-5-7-22(8-6-10)15(23)25-16(2,3)4/h10H,5-8H2,1-4H3,(H,18,19,20,21). The zero-order chi connectivity index (χ0) is 18.2. The molecule has 0 atom stereocenters. The van der Waals surface area contributed by atoms with Gasteiger partial charge in [-0.2, -0.15) is 15.1 Å². The lowest BCUT2D eigenvalue weighted by molar-refractivity contribution is 0.0124. The van der Waals surface area contributed by atoms with Crippen LogP contribution < -0.4 is 4.74 Å². The number of carbonyl (C=O) groups is 1. The quantitative estimate of drug-likeness (QED) is 0.820. The molecule has 1 N–H and O–H groups in total. The Bertz CT molecular complexity index is 778. The van der Waals surface area contributed by atoms with Crippen molar-refractivity contribution in [2.24, 2.45) is 0 Å². The fourth-order valence-electron chi connectivity index (χ4n) is 2.74. The van der Waals surface area contributed by atoms with Crippen LogP contribution in [-0.4, -0.2) is 56.0 Å². The Morgan fingerprint density at radius 1 is 1.28 bits per heavy atom. The molecule has 2 aromatic rings. The first-order chi connectivity index (χ1) is 11.7. The SMILES string of the molecule is Cc1n[nH]c2nc(Cl)nc(OC3CCN(C(=O)OC(C)(C)C)CC3)c12. The van der Waals surface area contributed by atoms with E-state index < -0.39 is 5.60 Å². The van der Waals surface area contributed by atoms with Gasteiger partial charge in [0.15, 0.2) is 5.65 Å². The minimum absolute atomic E-state index is 0.0536. The lowest BCUT2D eigenvalue weighted by Crippen LogP contribution is -2.44. The largest absolute Gasteiger partial charge is 0.474 e. The molecule has 1 fully saturated rings. The van der Waals surface area contributed by atoms with Crippen LogP contribution in [-0.2, 0) is 4.74 Å². The number of piperidine rings is 1. The van der Waals surface area contributed by atoms with E-state index >= 15 is 0 Å². The summed E-state index contributed by atoms with van der Waals surface area (Å²) >= 11 is 5.96. The summed E-state index contributed by atoms with van der Waals surface area (Å²) in [6.45, 7) is 8.58. The average Bonchev–Trinajstić information content (AvgIpc) is 2.87. The van der Waals surface area contributed by atoms with Crippen LogP contribution in [0.1, 0.15) is 39.3 Å². The van der Waals surface area contributed by atoms with E-state index in [1.54, 1.807) is 4.90 Å². The van der Waals surface area contributed by atoms with Gasteiger partial charge in [-0.05, 0) is 39.3 Å². The lowest BCUT2D eigenvalue weighted by Gasteiger charge is -2.33. The smallest absolute Gasteiger partial charge is 0.410 e. The third-order valence-corrected chi connectivity index (χ3v) is 4.08. The number of rotatable bonds is 2. The number of fused-ring (bicyclic) bond motifs is 1. The molecule has 9 heteroatoms. The highest BCUT2D eigenvalue weighted by Gasteiger charge is 2.28. The number of aromatic nitrogens is 4.